The van der Waals surface area contributed by atoms with Gasteiger partial charge in [-0.3, -0.25) is 0 Å². The minimum atomic E-state index is -2.49. The second kappa shape index (κ2) is 4.98. The summed E-state index contributed by atoms with van der Waals surface area (Å²) in [5.74, 6) is 1.46. The van der Waals surface area contributed by atoms with E-state index in [2.05, 4.69) is 16.8 Å². The van der Waals surface area contributed by atoms with Crippen molar-refractivity contribution in [1.29, 1.82) is 0 Å². The van der Waals surface area contributed by atoms with E-state index in [9.17, 15) is 8.78 Å². The molecule has 2 heterocycles. The number of rotatable bonds is 2. The predicted octanol–water partition coefficient (Wildman–Crippen LogP) is 3.56. The first-order valence-corrected chi connectivity index (χ1v) is 6.08. The van der Waals surface area contributed by atoms with E-state index >= 15 is 0 Å². The first-order chi connectivity index (χ1) is 8.08. The Morgan fingerprint density at radius 3 is 2.53 bits per heavy atom. The fraction of sp³-hybridized carbons (Fsp3) is 0.615. The lowest BCUT2D eigenvalue weighted by molar-refractivity contribution is 0.146. The molecule has 0 radical (unpaired) electrons. The van der Waals surface area contributed by atoms with Crippen molar-refractivity contribution in [3.63, 3.8) is 0 Å². The Hall–Kier alpha value is -1.19. The van der Waals surface area contributed by atoms with Crippen LogP contribution in [0.3, 0.4) is 0 Å². The van der Waals surface area contributed by atoms with E-state index in [4.69, 9.17) is 0 Å². The Balaban J connectivity index is 2.22. The number of pyridine rings is 1. The van der Waals surface area contributed by atoms with Crippen molar-refractivity contribution in [2.24, 2.45) is 5.92 Å². The minimum absolute atomic E-state index is 0.121. The fourth-order valence-electron chi connectivity index (χ4n) is 2.19. The van der Waals surface area contributed by atoms with Crippen molar-refractivity contribution in [3.05, 3.63) is 23.4 Å². The van der Waals surface area contributed by atoms with Gasteiger partial charge in [0.1, 0.15) is 11.5 Å². The lowest BCUT2D eigenvalue weighted by Crippen LogP contribution is -2.34. The molecule has 2 rings (SSSR count). The van der Waals surface area contributed by atoms with E-state index in [0.717, 1.165) is 43.2 Å². The molecule has 0 N–H and O–H groups in total. The first-order valence-electron chi connectivity index (χ1n) is 6.08. The number of alkyl halides is 2. The van der Waals surface area contributed by atoms with E-state index < -0.39 is 6.43 Å². The normalized spacial score (nSPS) is 17.8. The smallest absolute Gasteiger partial charge is 0.280 e. The Kier molecular flexibility index (Phi) is 3.60. The van der Waals surface area contributed by atoms with Gasteiger partial charge in [-0.15, -0.1) is 0 Å². The summed E-state index contributed by atoms with van der Waals surface area (Å²) in [6.45, 7) is 5.99. The van der Waals surface area contributed by atoms with Crippen molar-refractivity contribution < 1.29 is 8.78 Å². The monoisotopic (exact) mass is 240 g/mol. The lowest BCUT2D eigenvalue weighted by atomic mass is 9.99. The molecule has 0 unspecified atom stereocenters. The van der Waals surface area contributed by atoms with Gasteiger partial charge in [-0.1, -0.05) is 13.0 Å². The Bertz CT molecular complexity index is 385. The van der Waals surface area contributed by atoms with Crippen LogP contribution >= 0.6 is 0 Å². The summed E-state index contributed by atoms with van der Waals surface area (Å²) in [5, 5.41) is 0. The molecular weight excluding hydrogens is 222 g/mol. The molecule has 17 heavy (non-hydrogen) atoms. The standard InChI is InChI=1S/C13H18F2N2/c1-9-5-7-17(8-6-9)13-10(2)3-4-11(16-13)12(14)15/h3-4,9,12H,5-8H2,1-2H3. The Morgan fingerprint density at radius 2 is 1.94 bits per heavy atom. The minimum Gasteiger partial charge on any atom is -0.356 e. The van der Waals surface area contributed by atoms with E-state index in [1.54, 1.807) is 6.07 Å². The van der Waals surface area contributed by atoms with Crippen molar-refractivity contribution in [2.75, 3.05) is 18.0 Å². The Labute approximate surface area is 101 Å². The zero-order chi connectivity index (χ0) is 12.4. The largest absolute Gasteiger partial charge is 0.356 e. The van der Waals surface area contributed by atoms with Gasteiger partial charge in [0.15, 0.2) is 0 Å². The number of aryl methyl sites for hydroxylation is 1. The predicted molar refractivity (Wildman–Crippen MR) is 64.5 cm³/mol. The summed E-state index contributed by atoms with van der Waals surface area (Å²) in [5.41, 5.74) is 0.855. The second-order valence-electron chi connectivity index (χ2n) is 4.85. The summed E-state index contributed by atoms with van der Waals surface area (Å²) in [4.78, 5) is 6.22. The van der Waals surface area contributed by atoms with Crippen LogP contribution < -0.4 is 4.90 Å². The number of anilines is 1. The average molecular weight is 240 g/mol. The van der Waals surface area contributed by atoms with Crippen LogP contribution in [0.2, 0.25) is 0 Å². The third-order valence-electron chi connectivity index (χ3n) is 3.40. The van der Waals surface area contributed by atoms with Crippen LogP contribution in [0.15, 0.2) is 12.1 Å². The molecule has 4 heteroatoms. The molecular formula is C13H18F2N2. The van der Waals surface area contributed by atoms with Gasteiger partial charge in [-0.25, -0.2) is 13.8 Å². The van der Waals surface area contributed by atoms with Crippen LogP contribution in [0.4, 0.5) is 14.6 Å². The van der Waals surface area contributed by atoms with E-state index in [-0.39, 0.29) is 5.69 Å². The zero-order valence-electron chi connectivity index (χ0n) is 10.3. The molecule has 0 bridgehead atoms. The lowest BCUT2D eigenvalue weighted by Gasteiger charge is -2.32. The third-order valence-corrected chi connectivity index (χ3v) is 3.40. The molecule has 2 nitrogen and oxygen atoms in total. The highest BCUT2D eigenvalue weighted by molar-refractivity contribution is 5.47. The summed E-state index contributed by atoms with van der Waals surface area (Å²) in [6.07, 6.45) is -0.266. The van der Waals surface area contributed by atoms with Crippen LogP contribution in [0.25, 0.3) is 0 Å². The molecule has 0 spiro atoms. The van der Waals surface area contributed by atoms with Crippen LogP contribution in [-0.4, -0.2) is 18.1 Å². The number of piperidine rings is 1. The van der Waals surface area contributed by atoms with Gasteiger partial charge in [0.05, 0.1) is 0 Å². The van der Waals surface area contributed by atoms with Gasteiger partial charge in [-0.05, 0) is 37.3 Å². The number of nitrogens with zero attached hydrogens (tertiary/aromatic N) is 2. The molecule has 1 aromatic rings. The van der Waals surface area contributed by atoms with Gasteiger partial charge in [0, 0.05) is 13.1 Å². The summed E-state index contributed by atoms with van der Waals surface area (Å²) >= 11 is 0. The molecule has 0 aromatic carbocycles. The number of halogens is 2. The molecule has 1 fully saturated rings. The SMILES string of the molecule is Cc1ccc(C(F)F)nc1N1CCC(C)CC1. The van der Waals surface area contributed by atoms with E-state index in [0.29, 0.717) is 0 Å². The molecule has 1 aliphatic rings. The van der Waals surface area contributed by atoms with Crippen molar-refractivity contribution in [3.8, 4) is 0 Å². The average Bonchev–Trinajstić information content (AvgIpc) is 2.31. The maximum Gasteiger partial charge on any atom is 0.280 e. The molecule has 0 aliphatic carbocycles. The highest BCUT2D eigenvalue weighted by atomic mass is 19.3. The van der Waals surface area contributed by atoms with Gasteiger partial charge < -0.3 is 4.90 Å². The van der Waals surface area contributed by atoms with Gasteiger partial charge in [-0.2, -0.15) is 0 Å². The van der Waals surface area contributed by atoms with Gasteiger partial charge >= 0.3 is 0 Å². The number of hydrogen-bond donors (Lipinski definition) is 0. The molecule has 94 valence electrons. The van der Waals surface area contributed by atoms with Crippen molar-refractivity contribution >= 4 is 5.82 Å². The van der Waals surface area contributed by atoms with Crippen molar-refractivity contribution in [1.82, 2.24) is 4.98 Å². The summed E-state index contributed by atoms with van der Waals surface area (Å²) in [7, 11) is 0. The number of hydrogen-bond acceptors (Lipinski definition) is 2. The highest BCUT2D eigenvalue weighted by Gasteiger charge is 2.20. The van der Waals surface area contributed by atoms with Gasteiger partial charge in [0.2, 0.25) is 0 Å². The Morgan fingerprint density at radius 1 is 1.29 bits per heavy atom. The van der Waals surface area contributed by atoms with Crippen LogP contribution in [0.5, 0.6) is 0 Å². The number of aromatic nitrogens is 1. The molecule has 0 saturated carbocycles. The van der Waals surface area contributed by atoms with E-state index in [1.165, 1.54) is 6.07 Å². The van der Waals surface area contributed by atoms with Crippen LogP contribution in [0, 0.1) is 12.8 Å². The van der Waals surface area contributed by atoms with E-state index in [1.807, 2.05) is 6.92 Å². The molecule has 1 saturated heterocycles. The highest BCUT2D eigenvalue weighted by Crippen LogP contribution is 2.26. The molecule has 1 aliphatic heterocycles. The van der Waals surface area contributed by atoms with Crippen LogP contribution in [-0.2, 0) is 0 Å². The third kappa shape index (κ3) is 2.73. The topological polar surface area (TPSA) is 16.1 Å². The first kappa shape index (κ1) is 12.3. The summed E-state index contributed by atoms with van der Waals surface area (Å²) in [6, 6.07) is 3.15. The van der Waals surface area contributed by atoms with Gasteiger partial charge in [0.25, 0.3) is 6.43 Å². The second-order valence-corrected chi connectivity index (χ2v) is 4.85. The zero-order valence-corrected chi connectivity index (χ0v) is 10.3. The molecule has 0 atom stereocenters. The maximum absolute atomic E-state index is 12.6. The molecule has 1 aromatic heterocycles. The fourth-order valence-corrected chi connectivity index (χ4v) is 2.19. The van der Waals surface area contributed by atoms with Crippen LogP contribution in [0.1, 0.15) is 37.4 Å². The maximum atomic E-state index is 12.6. The van der Waals surface area contributed by atoms with Crippen molar-refractivity contribution in [2.45, 2.75) is 33.1 Å². The molecule has 0 amide bonds. The summed E-state index contributed by atoms with van der Waals surface area (Å²) < 4.78 is 25.3. The quantitative estimate of drug-likeness (QED) is 0.785.